The lowest BCUT2D eigenvalue weighted by molar-refractivity contribution is 0.379. The van der Waals surface area contributed by atoms with E-state index in [2.05, 4.69) is 0 Å². The largest absolute Gasteiger partial charge is 0.204 e. The quantitative estimate of drug-likeness (QED) is 0.0946. The van der Waals surface area contributed by atoms with Crippen LogP contribution >= 0.6 is 0 Å². The number of rotatable bonds is 3. The topological polar surface area (TPSA) is 0 Å². The van der Waals surface area contributed by atoms with E-state index in [1.807, 2.05) is 0 Å². The Hall–Kier alpha value is -4.25. The molecule has 0 saturated carbocycles. The SMILES string of the molecule is [B]c1c(F)c(F)c(-c2c(F)c(F)c(-c3c(F)c(F)c(-c4c(F)c(F)c(F)c(F)c4F)c(F)c3F)c(F)c2F)c(F)c1F. The van der Waals surface area contributed by atoms with Crippen LogP contribution in [0.3, 0.4) is 0 Å². The predicted molar refractivity (Wildman–Crippen MR) is 107 cm³/mol. The second-order valence-electron chi connectivity index (χ2n) is 8.00. The molecule has 0 bridgehead atoms. The van der Waals surface area contributed by atoms with Crippen molar-refractivity contribution < 1.29 is 74.6 Å². The van der Waals surface area contributed by atoms with Crippen LogP contribution in [-0.4, -0.2) is 7.85 Å². The Balaban J connectivity index is 2.11. The van der Waals surface area contributed by atoms with Gasteiger partial charge in [0.25, 0.3) is 0 Å². The van der Waals surface area contributed by atoms with Crippen LogP contribution in [0.4, 0.5) is 74.6 Å². The maximum Gasteiger partial charge on any atom is 0.200 e. The van der Waals surface area contributed by atoms with E-state index in [1.165, 1.54) is 0 Å². The van der Waals surface area contributed by atoms with E-state index in [9.17, 15) is 74.6 Å². The third-order valence-electron chi connectivity index (χ3n) is 5.78. The highest BCUT2D eigenvalue weighted by atomic mass is 19.2. The lowest BCUT2D eigenvalue weighted by Crippen LogP contribution is -2.20. The third-order valence-corrected chi connectivity index (χ3v) is 5.78. The molecule has 0 fully saturated rings. The van der Waals surface area contributed by atoms with Crippen molar-refractivity contribution >= 4 is 13.3 Å². The van der Waals surface area contributed by atoms with E-state index in [-0.39, 0.29) is 0 Å². The summed E-state index contributed by atoms with van der Waals surface area (Å²) >= 11 is 0. The molecule has 4 rings (SSSR count). The summed E-state index contributed by atoms with van der Waals surface area (Å²) < 4.78 is 243. The Morgan fingerprint density at radius 2 is 0.310 bits per heavy atom. The fraction of sp³-hybridized carbons (Fsp3) is 0. The molecule has 0 heterocycles. The average molecular weight is 622 g/mol. The van der Waals surface area contributed by atoms with Crippen molar-refractivity contribution in [2.75, 3.05) is 0 Å². The lowest BCUT2D eigenvalue weighted by Gasteiger charge is -2.17. The Kier molecular flexibility index (Phi) is 7.48. The van der Waals surface area contributed by atoms with E-state index in [4.69, 9.17) is 7.85 Å². The van der Waals surface area contributed by atoms with Gasteiger partial charge in [-0.1, -0.05) is 0 Å². The molecule has 218 valence electrons. The fourth-order valence-corrected chi connectivity index (χ4v) is 3.83. The highest BCUT2D eigenvalue weighted by molar-refractivity contribution is 6.32. The van der Waals surface area contributed by atoms with E-state index >= 15 is 0 Å². The summed E-state index contributed by atoms with van der Waals surface area (Å²) in [4.78, 5) is 0. The van der Waals surface area contributed by atoms with Gasteiger partial charge in [0, 0.05) is 0 Å². The minimum Gasteiger partial charge on any atom is -0.204 e. The monoisotopic (exact) mass is 622 g/mol. The summed E-state index contributed by atoms with van der Waals surface area (Å²) in [5.74, 6) is -50.0. The molecule has 0 spiro atoms. The van der Waals surface area contributed by atoms with Gasteiger partial charge in [-0.05, 0) is 5.46 Å². The van der Waals surface area contributed by atoms with Gasteiger partial charge in [0.1, 0.15) is 7.85 Å². The summed E-state index contributed by atoms with van der Waals surface area (Å²) in [7, 11) is 4.70. The molecular formula is C24BF17. The standard InChI is InChI=1S/C24BF17/c25-7-20(38)16(34)5(17(35)21(7)39)3-12(30)8(26)1(9(27)13(3)31)2-10(28)14(32)4(15(33)11(2)29)6-18(36)22(40)24(42)23(41)19(6)37. The van der Waals surface area contributed by atoms with Gasteiger partial charge in [-0.15, -0.1) is 0 Å². The van der Waals surface area contributed by atoms with Crippen LogP contribution in [0.15, 0.2) is 0 Å². The van der Waals surface area contributed by atoms with Gasteiger partial charge in [-0.25, -0.2) is 74.6 Å². The lowest BCUT2D eigenvalue weighted by atomic mass is 9.89. The molecule has 42 heavy (non-hydrogen) atoms. The minimum absolute atomic E-state index is 1.89. The van der Waals surface area contributed by atoms with Crippen LogP contribution in [0.1, 0.15) is 0 Å². The Morgan fingerprint density at radius 3 is 0.500 bits per heavy atom. The number of hydrogen-bond acceptors (Lipinski definition) is 0. The van der Waals surface area contributed by atoms with Gasteiger partial charge in [0.2, 0.25) is 5.82 Å². The molecule has 0 aromatic heterocycles. The minimum atomic E-state index is -3.14. The van der Waals surface area contributed by atoms with Crippen molar-refractivity contribution in [2.24, 2.45) is 0 Å². The summed E-state index contributed by atoms with van der Waals surface area (Å²) in [6.07, 6.45) is 0. The molecule has 0 saturated heterocycles. The molecular weight excluding hydrogens is 622 g/mol. The average Bonchev–Trinajstić information content (AvgIpc) is 2.96. The first kappa shape index (κ1) is 30.7. The fourth-order valence-electron chi connectivity index (χ4n) is 3.83. The molecule has 0 amide bonds. The summed E-state index contributed by atoms with van der Waals surface area (Å²) in [6.45, 7) is 0. The maximum atomic E-state index is 14.9. The van der Waals surface area contributed by atoms with Gasteiger partial charge in [0.05, 0.1) is 33.4 Å². The van der Waals surface area contributed by atoms with Crippen molar-refractivity contribution in [2.45, 2.75) is 0 Å². The zero-order valence-electron chi connectivity index (χ0n) is 19.0. The van der Waals surface area contributed by atoms with E-state index in [0.29, 0.717) is 0 Å². The Bertz CT molecular complexity index is 1610. The summed E-state index contributed by atoms with van der Waals surface area (Å²) in [6, 6.07) is 0. The third kappa shape index (κ3) is 4.01. The molecule has 0 aliphatic rings. The summed E-state index contributed by atoms with van der Waals surface area (Å²) in [5.41, 5.74) is -17.7. The summed E-state index contributed by atoms with van der Waals surface area (Å²) in [5, 5.41) is 0. The molecule has 4 aromatic carbocycles. The zero-order valence-corrected chi connectivity index (χ0v) is 19.0. The van der Waals surface area contributed by atoms with Gasteiger partial charge < -0.3 is 0 Å². The van der Waals surface area contributed by atoms with Gasteiger partial charge in [-0.3, -0.25) is 0 Å². The van der Waals surface area contributed by atoms with E-state index in [1.54, 1.807) is 0 Å². The molecule has 0 aliphatic carbocycles. The molecule has 0 atom stereocenters. The molecule has 18 heteroatoms. The van der Waals surface area contributed by atoms with Crippen LogP contribution in [-0.2, 0) is 0 Å². The van der Waals surface area contributed by atoms with Crippen LogP contribution in [0, 0.1) is 98.9 Å². The van der Waals surface area contributed by atoms with Gasteiger partial charge in [-0.2, -0.15) is 0 Å². The van der Waals surface area contributed by atoms with Crippen LogP contribution in [0.5, 0.6) is 0 Å². The van der Waals surface area contributed by atoms with Crippen molar-refractivity contribution in [3.63, 3.8) is 0 Å². The van der Waals surface area contributed by atoms with Crippen LogP contribution in [0.25, 0.3) is 33.4 Å². The molecule has 0 unspecified atom stereocenters. The van der Waals surface area contributed by atoms with Crippen LogP contribution < -0.4 is 5.46 Å². The maximum absolute atomic E-state index is 14.9. The molecule has 0 N–H and O–H groups in total. The zero-order chi connectivity index (χ0) is 31.9. The van der Waals surface area contributed by atoms with Crippen molar-refractivity contribution in [1.29, 1.82) is 0 Å². The van der Waals surface area contributed by atoms with E-state index < -0.39 is 138 Å². The predicted octanol–water partition coefficient (Wildman–Crippen LogP) is 7.85. The first-order valence-electron chi connectivity index (χ1n) is 10.3. The normalized spacial score (nSPS) is 11.5. The Labute approximate surface area is 221 Å². The second kappa shape index (κ2) is 10.2. The van der Waals surface area contributed by atoms with Gasteiger partial charge >= 0.3 is 0 Å². The number of hydrogen-bond donors (Lipinski definition) is 0. The molecule has 2 radical (unpaired) electrons. The molecule has 4 aromatic rings. The van der Waals surface area contributed by atoms with Gasteiger partial charge in [0.15, 0.2) is 93.1 Å². The highest BCUT2D eigenvalue weighted by Gasteiger charge is 2.39. The number of halogens is 17. The first-order chi connectivity index (χ1) is 19.4. The molecule has 0 aliphatic heterocycles. The Morgan fingerprint density at radius 1 is 0.190 bits per heavy atom. The number of benzene rings is 4. The molecule has 0 nitrogen and oxygen atoms in total. The first-order valence-corrected chi connectivity index (χ1v) is 10.3. The van der Waals surface area contributed by atoms with Crippen molar-refractivity contribution in [3.8, 4) is 33.4 Å². The smallest absolute Gasteiger partial charge is 0.200 e. The highest BCUT2D eigenvalue weighted by Crippen LogP contribution is 2.44. The van der Waals surface area contributed by atoms with E-state index in [0.717, 1.165) is 0 Å². The second-order valence-corrected chi connectivity index (χ2v) is 8.00. The van der Waals surface area contributed by atoms with Crippen LogP contribution in [0.2, 0.25) is 0 Å². The van der Waals surface area contributed by atoms with Crippen molar-refractivity contribution in [3.05, 3.63) is 98.9 Å². The van der Waals surface area contributed by atoms with Crippen molar-refractivity contribution in [1.82, 2.24) is 0 Å².